The Hall–Kier alpha value is -3.99. The number of carbonyl (C=O) groups is 2. The van der Waals surface area contributed by atoms with E-state index >= 15 is 0 Å². The van der Waals surface area contributed by atoms with Gasteiger partial charge in [-0.3, -0.25) is 19.5 Å². The lowest BCUT2D eigenvalue weighted by atomic mass is 9.93. The SMILES string of the molecule is CCCCC1=NC2(CCCC2)C(=O)N1Cc1ccc(-c2ccccc2S(=O)(=O)Nc2onc(C)c2C)c(N(C)C(=O)C(C)(C)C)c1. The molecule has 0 bridgehead atoms. The van der Waals surface area contributed by atoms with E-state index in [9.17, 15) is 18.0 Å². The number of aromatic nitrogens is 1. The highest BCUT2D eigenvalue weighted by Gasteiger charge is 2.49. The molecule has 11 heteroatoms. The molecule has 1 N–H and O–H groups in total. The van der Waals surface area contributed by atoms with E-state index in [1.54, 1.807) is 44.0 Å². The van der Waals surface area contributed by atoms with Crippen molar-refractivity contribution in [2.45, 2.75) is 103 Å². The minimum absolute atomic E-state index is 0.0286. The van der Waals surface area contributed by atoms with Crippen LogP contribution in [0.15, 0.2) is 56.9 Å². The number of anilines is 2. The van der Waals surface area contributed by atoms with Gasteiger partial charge in [-0.2, -0.15) is 0 Å². The van der Waals surface area contributed by atoms with E-state index in [2.05, 4.69) is 16.8 Å². The average Bonchev–Trinajstić information content (AvgIpc) is 3.69. The summed E-state index contributed by atoms with van der Waals surface area (Å²) in [6.07, 6.45) is 6.22. The van der Waals surface area contributed by atoms with Crippen molar-refractivity contribution in [3.8, 4) is 11.1 Å². The van der Waals surface area contributed by atoms with Crippen LogP contribution in [0.5, 0.6) is 0 Å². The Morgan fingerprint density at radius 1 is 1.09 bits per heavy atom. The molecule has 3 aromatic rings. The van der Waals surface area contributed by atoms with E-state index in [0.29, 0.717) is 34.6 Å². The third-order valence-electron chi connectivity index (χ3n) is 9.04. The number of carbonyl (C=O) groups excluding carboxylic acids is 2. The molecule has 10 nitrogen and oxygen atoms in total. The Morgan fingerprint density at radius 3 is 2.41 bits per heavy atom. The zero-order valence-corrected chi connectivity index (χ0v) is 28.8. The normalized spacial score (nSPS) is 16.3. The number of nitrogens with zero attached hydrogens (tertiary/aromatic N) is 4. The van der Waals surface area contributed by atoms with Gasteiger partial charge in [-0.1, -0.05) is 82.4 Å². The number of amidine groups is 1. The van der Waals surface area contributed by atoms with E-state index in [4.69, 9.17) is 9.52 Å². The smallest absolute Gasteiger partial charge is 0.264 e. The fourth-order valence-electron chi connectivity index (χ4n) is 6.28. The molecule has 2 amide bonds. The summed E-state index contributed by atoms with van der Waals surface area (Å²) in [4.78, 5) is 36.0. The maximum atomic E-state index is 13.8. The molecule has 0 unspecified atom stereocenters. The van der Waals surface area contributed by atoms with E-state index in [-0.39, 0.29) is 22.6 Å². The summed E-state index contributed by atoms with van der Waals surface area (Å²) in [5, 5.41) is 3.87. The average molecular weight is 648 g/mol. The van der Waals surface area contributed by atoms with Crippen LogP contribution in [0, 0.1) is 19.3 Å². The summed E-state index contributed by atoms with van der Waals surface area (Å²) in [5.41, 5.74) is 2.19. The molecule has 1 aromatic heterocycles. The van der Waals surface area contributed by atoms with E-state index in [0.717, 1.165) is 56.3 Å². The van der Waals surface area contributed by atoms with Crippen molar-refractivity contribution in [1.29, 1.82) is 0 Å². The number of aliphatic imine (C=N–C) groups is 1. The molecule has 1 spiro atoms. The molecule has 1 aliphatic carbocycles. The summed E-state index contributed by atoms with van der Waals surface area (Å²) in [6, 6.07) is 12.3. The van der Waals surface area contributed by atoms with Gasteiger partial charge in [-0.25, -0.2) is 13.1 Å². The number of aryl methyl sites for hydroxylation is 1. The third-order valence-corrected chi connectivity index (χ3v) is 10.4. The predicted octanol–water partition coefficient (Wildman–Crippen LogP) is 7.01. The number of amides is 2. The maximum Gasteiger partial charge on any atom is 0.264 e. The van der Waals surface area contributed by atoms with Crippen LogP contribution in [0.2, 0.25) is 0 Å². The van der Waals surface area contributed by atoms with Crippen LogP contribution in [-0.2, 0) is 26.2 Å². The van der Waals surface area contributed by atoms with Gasteiger partial charge in [0.15, 0.2) is 0 Å². The summed E-state index contributed by atoms with van der Waals surface area (Å²) >= 11 is 0. The first-order chi connectivity index (χ1) is 21.7. The number of hydrogen-bond acceptors (Lipinski definition) is 7. The highest BCUT2D eigenvalue weighted by molar-refractivity contribution is 7.92. The molecule has 46 heavy (non-hydrogen) atoms. The molecule has 2 heterocycles. The number of nitrogens with one attached hydrogen (secondary N) is 1. The van der Waals surface area contributed by atoms with Gasteiger partial charge in [0.05, 0.1) is 22.8 Å². The van der Waals surface area contributed by atoms with Crippen molar-refractivity contribution in [2.75, 3.05) is 16.7 Å². The van der Waals surface area contributed by atoms with Crippen molar-refractivity contribution < 1.29 is 22.5 Å². The van der Waals surface area contributed by atoms with Crippen LogP contribution in [0.4, 0.5) is 11.6 Å². The molecule has 5 rings (SSSR count). The molecule has 0 radical (unpaired) electrons. The second-order valence-corrected chi connectivity index (χ2v) is 15.2. The molecule has 1 saturated carbocycles. The standard InChI is InChI=1S/C35H45N5O5S/c1-8-9-16-30-36-35(19-12-13-20-35)33(42)40(30)22-25-17-18-26(28(21-25)39(7)32(41)34(4,5)6)27-14-10-11-15-29(27)46(43,44)38-31-23(2)24(3)37-45-31/h10-11,14-15,17-18,21,38H,8-9,12-13,16,19-20,22H2,1-7H3. The Kier molecular flexibility index (Phi) is 9.19. The van der Waals surface area contributed by atoms with Crippen LogP contribution in [0.1, 0.15) is 89.5 Å². The van der Waals surface area contributed by atoms with Crippen LogP contribution >= 0.6 is 0 Å². The summed E-state index contributed by atoms with van der Waals surface area (Å²) in [6.45, 7) is 11.5. The number of benzene rings is 2. The lowest BCUT2D eigenvalue weighted by molar-refractivity contribution is -0.131. The van der Waals surface area contributed by atoms with Gasteiger partial charge in [-0.15, -0.1) is 0 Å². The number of rotatable bonds is 10. The Morgan fingerprint density at radius 2 is 1.78 bits per heavy atom. The van der Waals surface area contributed by atoms with Crippen molar-refractivity contribution in [3.63, 3.8) is 0 Å². The van der Waals surface area contributed by atoms with E-state index < -0.39 is 21.0 Å². The van der Waals surface area contributed by atoms with Crippen LogP contribution < -0.4 is 9.62 Å². The predicted molar refractivity (Wildman–Crippen MR) is 180 cm³/mol. The van der Waals surface area contributed by atoms with Gasteiger partial charge in [0.1, 0.15) is 11.4 Å². The summed E-state index contributed by atoms with van der Waals surface area (Å²) in [5.74, 6) is 0.809. The van der Waals surface area contributed by atoms with Crippen molar-refractivity contribution in [2.24, 2.45) is 10.4 Å². The highest BCUT2D eigenvalue weighted by Crippen LogP contribution is 2.41. The zero-order valence-electron chi connectivity index (χ0n) is 27.9. The zero-order chi connectivity index (χ0) is 33.4. The van der Waals surface area contributed by atoms with Crippen LogP contribution in [0.25, 0.3) is 11.1 Å². The van der Waals surface area contributed by atoms with Gasteiger partial charge in [0.2, 0.25) is 11.8 Å². The number of unbranched alkanes of at least 4 members (excludes halogenated alkanes) is 1. The monoisotopic (exact) mass is 647 g/mol. The van der Waals surface area contributed by atoms with Crippen LogP contribution in [0.3, 0.4) is 0 Å². The summed E-state index contributed by atoms with van der Waals surface area (Å²) < 4.78 is 35.3. The maximum absolute atomic E-state index is 13.8. The lowest BCUT2D eigenvalue weighted by Gasteiger charge is -2.29. The highest BCUT2D eigenvalue weighted by atomic mass is 32.2. The molecule has 1 fully saturated rings. The van der Waals surface area contributed by atoms with Crippen molar-refractivity contribution in [3.05, 3.63) is 59.3 Å². The quantitative estimate of drug-likeness (QED) is 0.252. The largest absolute Gasteiger partial charge is 0.337 e. The van der Waals surface area contributed by atoms with E-state index in [1.165, 1.54) is 6.07 Å². The van der Waals surface area contributed by atoms with Gasteiger partial charge in [-0.05, 0) is 50.8 Å². The second kappa shape index (κ2) is 12.7. The molecule has 1 aliphatic heterocycles. The Balaban J connectivity index is 1.58. The fraction of sp³-hybridized carbons (Fsp3) is 0.486. The Bertz CT molecular complexity index is 1780. The van der Waals surface area contributed by atoms with Gasteiger partial charge in [0, 0.05) is 35.6 Å². The van der Waals surface area contributed by atoms with Gasteiger partial charge >= 0.3 is 0 Å². The number of hydrogen-bond donors (Lipinski definition) is 1. The Labute approximate surface area is 272 Å². The minimum Gasteiger partial charge on any atom is -0.337 e. The molecular formula is C35H45N5O5S. The third kappa shape index (κ3) is 6.34. The van der Waals surface area contributed by atoms with E-state index in [1.807, 2.05) is 43.9 Å². The first kappa shape index (κ1) is 33.4. The van der Waals surface area contributed by atoms with Crippen LogP contribution in [-0.4, -0.2) is 48.7 Å². The molecular weight excluding hydrogens is 602 g/mol. The molecule has 0 atom stereocenters. The molecule has 0 saturated heterocycles. The topological polar surface area (TPSA) is 125 Å². The minimum atomic E-state index is -4.11. The molecule has 2 aromatic carbocycles. The fourth-order valence-corrected chi connectivity index (χ4v) is 7.55. The number of sulfonamides is 1. The second-order valence-electron chi connectivity index (χ2n) is 13.6. The van der Waals surface area contributed by atoms with Gasteiger partial charge < -0.3 is 9.42 Å². The first-order valence-electron chi connectivity index (χ1n) is 16.1. The van der Waals surface area contributed by atoms with Crippen molar-refractivity contribution >= 4 is 39.2 Å². The first-order valence-corrected chi connectivity index (χ1v) is 17.5. The lowest BCUT2D eigenvalue weighted by Crippen LogP contribution is -2.40. The van der Waals surface area contributed by atoms with Crippen molar-refractivity contribution in [1.82, 2.24) is 10.1 Å². The summed E-state index contributed by atoms with van der Waals surface area (Å²) in [7, 11) is -2.41. The van der Waals surface area contributed by atoms with Gasteiger partial charge in [0.25, 0.3) is 15.9 Å². The molecule has 246 valence electrons. The molecule has 2 aliphatic rings.